The molecule has 1 aromatic heterocycles. The Balaban J connectivity index is 1.77. The van der Waals surface area contributed by atoms with Crippen LogP contribution in [-0.4, -0.2) is 23.0 Å². The second-order valence-corrected chi connectivity index (χ2v) is 5.55. The lowest BCUT2D eigenvalue weighted by Crippen LogP contribution is -2.33. The molecule has 122 valence electrons. The summed E-state index contributed by atoms with van der Waals surface area (Å²) < 4.78 is 5.26. The maximum absolute atomic E-state index is 12.0. The van der Waals surface area contributed by atoms with E-state index in [1.54, 1.807) is 30.5 Å². The molecule has 0 aliphatic heterocycles. The molecule has 1 heterocycles. The third-order valence-electron chi connectivity index (χ3n) is 3.68. The fourth-order valence-electron chi connectivity index (χ4n) is 2.43. The molecule has 0 saturated carbocycles. The first-order valence-electron chi connectivity index (χ1n) is 7.69. The zero-order valence-electron chi connectivity index (χ0n) is 13.1. The Bertz CT molecular complexity index is 649. The Morgan fingerprint density at radius 1 is 1.17 bits per heavy atom. The first-order chi connectivity index (χ1) is 11.1. The van der Waals surface area contributed by atoms with E-state index in [1.165, 1.54) is 0 Å². The molecule has 2 rings (SSSR count). The van der Waals surface area contributed by atoms with Gasteiger partial charge in [-0.1, -0.05) is 18.2 Å². The summed E-state index contributed by atoms with van der Waals surface area (Å²) in [5.74, 6) is -0.133. The van der Waals surface area contributed by atoms with Crippen molar-refractivity contribution < 1.29 is 19.1 Å². The fourth-order valence-corrected chi connectivity index (χ4v) is 2.43. The van der Waals surface area contributed by atoms with Gasteiger partial charge in [0.1, 0.15) is 5.76 Å². The van der Waals surface area contributed by atoms with Gasteiger partial charge >= 0.3 is 5.97 Å². The van der Waals surface area contributed by atoms with Crippen LogP contribution in [0.4, 0.5) is 0 Å². The molecule has 23 heavy (non-hydrogen) atoms. The van der Waals surface area contributed by atoms with Gasteiger partial charge in [-0.25, -0.2) is 4.79 Å². The maximum atomic E-state index is 12.0. The van der Waals surface area contributed by atoms with Crippen LogP contribution in [0, 0.1) is 0 Å². The number of rotatable bonds is 8. The summed E-state index contributed by atoms with van der Waals surface area (Å²) >= 11 is 0. The summed E-state index contributed by atoms with van der Waals surface area (Å²) in [4.78, 5) is 23.1. The Kier molecular flexibility index (Phi) is 5.97. The zero-order valence-corrected chi connectivity index (χ0v) is 13.1. The molecule has 0 aliphatic carbocycles. The molecule has 5 heteroatoms. The third kappa shape index (κ3) is 5.29. The molecule has 0 saturated heterocycles. The molecule has 0 aliphatic rings. The average molecular weight is 315 g/mol. The number of hydrogen-bond acceptors (Lipinski definition) is 3. The molecule has 2 aromatic rings. The van der Waals surface area contributed by atoms with Crippen LogP contribution in [0.3, 0.4) is 0 Å². The molecule has 0 spiro atoms. The average Bonchev–Trinajstić information content (AvgIpc) is 3.04. The Labute approximate surface area is 135 Å². The second-order valence-electron chi connectivity index (χ2n) is 5.55. The Hall–Kier alpha value is -2.56. The van der Waals surface area contributed by atoms with Gasteiger partial charge in [0, 0.05) is 18.9 Å². The molecule has 1 amide bonds. The quantitative estimate of drug-likeness (QED) is 0.784. The van der Waals surface area contributed by atoms with E-state index in [2.05, 4.69) is 5.32 Å². The van der Waals surface area contributed by atoms with Gasteiger partial charge in [0.2, 0.25) is 5.91 Å². The van der Waals surface area contributed by atoms with Crippen LogP contribution >= 0.6 is 0 Å². The standard InChI is InChI=1S/C18H21NO4/c1-13(8-10-15-6-4-12-23-15)19-17(20)11-9-14-5-2-3-7-16(14)18(21)22/h2-7,12-13H,8-11H2,1H3,(H,19,20)(H,21,22). The summed E-state index contributed by atoms with van der Waals surface area (Å²) in [5, 5.41) is 12.1. The molecular weight excluding hydrogens is 294 g/mol. The summed E-state index contributed by atoms with van der Waals surface area (Å²) in [6.07, 6.45) is 3.90. The van der Waals surface area contributed by atoms with E-state index in [-0.39, 0.29) is 23.9 Å². The summed E-state index contributed by atoms with van der Waals surface area (Å²) in [6.45, 7) is 1.95. The monoisotopic (exact) mass is 315 g/mol. The molecule has 1 aromatic carbocycles. The van der Waals surface area contributed by atoms with Gasteiger partial charge in [-0.3, -0.25) is 4.79 Å². The Morgan fingerprint density at radius 3 is 2.65 bits per heavy atom. The van der Waals surface area contributed by atoms with Crippen molar-refractivity contribution in [3.63, 3.8) is 0 Å². The normalized spacial score (nSPS) is 11.9. The van der Waals surface area contributed by atoms with Crippen LogP contribution in [0.5, 0.6) is 0 Å². The van der Waals surface area contributed by atoms with Crippen LogP contribution in [-0.2, 0) is 17.6 Å². The van der Waals surface area contributed by atoms with Gasteiger partial charge in [-0.2, -0.15) is 0 Å². The number of hydrogen-bond donors (Lipinski definition) is 2. The minimum absolute atomic E-state index is 0.0438. The van der Waals surface area contributed by atoms with Gasteiger partial charge in [-0.15, -0.1) is 0 Å². The van der Waals surface area contributed by atoms with E-state index in [1.807, 2.05) is 19.1 Å². The topological polar surface area (TPSA) is 79.5 Å². The van der Waals surface area contributed by atoms with Crippen LogP contribution in [0.1, 0.15) is 41.4 Å². The molecule has 0 radical (unpaired) electrons. The summed E-state index contributed by atoms with van der Waals surface area (Å²) in [5.41, 5.74) is 0.935. The number of carbonyl (C=O) groups excluding carboxylic acids is 1. The number of furan rings is 1. The van der Waals surface area contributed by atoms with Crippen molar-refractivity contribution in [2.24, 2.45) is 0 Å². The van der Waals surface area contributed by atoms with E-state index < -0.39 is 5.97 Å². The largest absolute Gasteiger partial charge is 0.478 e. The van der Waals surface area contributed by atoms with Crippen LogP contribution < -0.4 is 5.32 Å². The van der Waals surface area contributed by atoms with Gasteiger partial charge in [0.25, 0.3) is 0 Å². The van der Waals surface area contributed by atoms with E-state index >= 15 is 0 Å². The van der Waals surface area contributed by atoms with Crippen molar-refractivity contribution >= 4 is 11.9 Å². The predicted octanol–water partition coefficient (Wildman–Crippen LogP) is 3.05. The number of nitrogens with one attached hydrogen (secondary N) is 1. The van der Waals surface area contributed by atoms with Gasteiger partial charge in [0.05, 0.1) is 11.8 Å². The smallest absolute Gasteiger partial charge is 0.335 e. The lowest BCUT2D eigenvalue weighted by atomic mass is 10.0. The van der Waals surface area contributed by atoms with Gasteiger partial charge in [-0.05, 0) is 43.5 Å². The third-order valence-corrected chi connectivity index (χ3v) is 3.68. The molecule has 0 bridgehead atoms. The lowest BCUT2D eigenvalue weighted by Gasteiger charge is -2.13. The fraction of sp³-hybridized carbons (Fsp3) is 0.333. The number of aromatic carboxylic acids is 1. The highest BCUT2D eigenvalue weighted by Crippen LogP contribution is 2.11. The van der Waals surface area contributed by atoms with Crippen molar-refractivity contribution in [2.75, 3.05) is 0 Å². The number of carboxylic acids is 1. The summed E-state index contributed by atoms with van der Waals surface area (Å²) in [6, 6.07) is 10.6. The summed E-state index contributed by atoms with van der Waals surface area (Å²) in [7, 11) is 0. The molecule has 1 unspecified atom stereocenters. The maximum Gasteiger partial charge on any atom is 0.335 e. The van der Waals surface area contributed by atoms with Gasteiger partial charge < -0.3 is 14.8 Å². The van der Waals surface area contributed by atoms with Crippen LogP contribution in [0.15, 0.2) is 47.1 Å². The molecule has 5 nitrogen and oxygen atoms in total. The van der Waals surface area contributed by atoms with E-state index in [0.29, 0.717) is 12.0 Å². The van der Waals surface area contributed by atoms with Crippen molar-refractivity contribution in [2.45, 2.75) is 38.6 Å². The Morgan fingerprint density at radius 2 is 1.96 bits per heavy atom. The van der Waals surface area contributed by atoms with E-state index in [9.17, 15) is 9.59 Å². The predicted molar refractivity (Wildman–Crippen MR) is 86.4 cm³/mol. The highest BCUT2D eigenvalue weighted by atomic mass is 16.4. The van der Waals surface area contributed by atoms with Crippen LogP contribution in [0.2, 0.25) is 0 Å². The van der Waals surface area contributed by atoms with E-state index in [0.717, 1.165) is 18.6 Å². The number of carbonyl (C=O) groups is 2. The van der Waals surface area contributed by atoms with Gasteiger partial charge in [0.15, 0.2) is 0 Å². The van der Waals surface area contributed by atoms with Crippen LogP contribution in [0.25, 0.3) is 0 Å². The second kappa shape index (κ2) is 8.17. The number of benzene rings is 1. The highest BCUT2D eigenvalue weighted by molar-refractivity contribution is 5.89. The highest BCUT2D eigenvalue weighted by Gasteiger charge is 2.12. The van der Waals surface area contributed by atoms with Crippen molar-refractivity contribution in [3.8, 4) is 0 Å². The van der Waals surface area contributed by atoms with Crippen molar-refractivity contribution in [1.29, 1.82) is 0 Å². The number of aryl methyl sites for hydroxylation is 2. The minimum Gasteiger partial charge on any atom is -0.478 e. The first-order valence-corrected chi connectivity index (χ1v) is 7.69. The van der Waals surface area contributed by atoms with E-state index in [4.69, 9.17) is 9.52 Å². The molecule has 1 atom stereocenters. The zero-order chi connectivity index (χ0) is 16.7. The van der Waals surface area contributed by atoms with Crippen molar-refractivity contribution in [1.82, 2.24) is 5.32 Å². The molecule has 2 N–H and O–H groups in total. The van der Waals surface area contributed by atoms with Crippen molar-refractivity contribution in [3.05, 3.63) is 59.5 Å². The first kappa shape index (κ1) is 16.8. The SMILES string of the molecule is CC(CCc1ccco1)NC(=O)CCc1ccccc1C(=O)O. The minimum atomic E-state index is -0.965. The molecular formula is C18H21NO4. The number of carboxylic acid groups (broad SMARTS) is 1. The number of amides is 1. The lowest BCUT2D eigenvalue weighted by molar-refractivity contribution is -0.121. The molecule has 0 fully saturated rings.